The number of rotatable bonds is 3. The standard InChI is InChI=1S/C13H12N4S/c14-12-4-2-1-3-11(12)10-7-16-17(8-10)9-13-15-5-6-18-13/h1-8H,9,14H2. The van der Waals surface area contributed by atoms with E-state index in [4.69, 9.17) is 5.73 Å². The van der Waals surface area contributed by atoms with Crippen molar-refractivity contribution in [3.63, 3.8) is 0 Å². The summed E-state index contributed by atoms with van der Waals surface area (Å²) in [6, 6.07) is 7.80. The Hall–Kier alpha value is -2.14. The summed E-state index contributed by atoms with van der Waals surface area (Å²) in [5.74, 6) is 0. The van der Waals surface area contributed by atoms with Gasteiger partial charge in [-0.25, -0.2) is 4.98 Å². The highest BCUT2D eigenvalue weighted by Gasteiger charge is 2.05. The van der Waals surface area contributed by atoms with E-state index in [0.29, 0.717) is 6.54 Å². The monoisotopic (exact) mass is 256 g/mol. The van der Waals surface area contributed by atoms with Gasteiger partial charge in [0.25, 0.3) is 0 Å². The summed E-state index contributed by atoms with van der Waals surface area (Å²) >= 11 is 1.63. The lowest BCUT2D eigenvalue weighted by molar-refractivity contribution is 0.683. The topological polar surface area (TPSA) is 56.7 Å². The highest BCUT2D eigenvalue weighted by Crippen LogP contribution is 2.24. The molecule has 5 heteroatoms. The van der Waals surface area contributed by atoms with Crippen molar-refractivity contribution < 1.29 is 0 Å². The Balaban J connectivity index is 1.88. The maximum Gasteiger partial charge on any atom is 0.114 e. The van der Waals surface area contributed by atoms with E-state index in [2.05, 4.69) is 10.1 Å². The van der Waals surface area contributed by atoms with E-state index < -0.39 is 0 Å². The van der Waals surface area contributed by atoms with Crippen LogP contribution in [0.15, 0.2) is 48.2 Å². The second-order valence-corrected chi connectivity index (χ2v) is 4.92. The number of nitrogens with two attached hydrogens (primary N) is 1. The lowest BCUT2D eigenvalue weighted by Crippen LogP contribution is -1.98. The van der Waals surface area contributed by atoms with Crippen molar-refractivity contribution in [1.82, 2.24) is 14.8 Å². The van der Waals surface area contributed by atoms with Gasteiger partial charge < -0.3 is 5.73 Å². The van der Waals surface area contributed by atoms with Gasteiger partial charge in [0.2, 0.25) is 0 Å². The van der Waals surface area contributed by atoms with Crippen LogP contribution in [0.5, 0.6) is 0 Å². The Kier molecular flexibility index (Phi) is 2.82. The first-order valence-corrected chi connectivity index (χ1v) is 6.46. The molecule has 2 N–H and O–H groups in total. The van der Waals surface area contributed by atoms with Gasteiger partial charge in [-0.2, -0.15) is 5.10 Å². The first-order valence-electron chi connectivity index (χ1n) is 5.58. The summed E-state index contributed by atoms with van der Waals surface area (Å²) in [5.41, 5.74) is 8.77. The molecule has 0 aliphatic rings. The summed E-state index contributed by atoms with van der Waals surface area (Å²) < 4.78 is 1.88. The molecule has 0 aliphatic heterocycles. The average Bonchev–Trinajstić information content (AvgIpc) is 3.02. The van der Waals surface area contributed by atoms with Crippen molar-refractivity contribution in [3.05, 3.63) is 53.2 Å². The largest absolute Gasteiger partial charge is 0.398 e. The molecule has 2 aromatic heterocycles. The van der Waals surface area contributed by atoms with Gasteiger partial charge in [-0.1, -0.05) is 18.2 Å². The Bertz CT molecular complexity index is 643. The molecule has 0 saturated carbocycles. The van der Waals surface area contributed by atoms with Gasteiger partial charge >= 0.3 is 0 Å². The van der Waals surface area contributed by atoms with Crippen LogP contribution in [0, 0.1) is 0 Å². The number of hydrogen-bond acceptors (Lipinski definition) is 4. The number of nitrogens with zero attached hydrogens (tertiary/aromatic N) is 3. The molecule has 0 aliphatic carbocycles. The molecule has 1 aromatic carbocycles. The van der Waals surface area contributed by atoms with Crippen LogP contribution in [0.4, 0.5) is 5.69 Å². The van der Waals surface area contributed by atoms with E-state index in [0.717, 1.165) is 21.8 Å². The van der Waals surface area contributed by atoms with E-state index in [1.54, 1.807) is 17.5 Å². The van der Waals surface area contributed by atoms with Gasteiger partial charge in [0.05, 0.1) is 12.7 Å². The van der Waals surface area contributed by atoms with Crippen molar-refractivity contribution in [2.45, 2.75) is 6.54 Å². The van der Waals surface area contributed by atoms with E-state index in [9.17, 15) is 0 Å². The van der Waals surface area contributed by atoms with Crippen LogP contribution >= 0.6 is 11.3 Å². The maximum absolute atomic E-state index is 5.95. The van der Waals surface area contributed by atoms with Crippen molar-refractivity contribution in [3.8, 4) is 11.1 Å². The minimum atomic E-state index is 0.699. The number of aromatic nitrogens is 3. The highest BCUT2D eigenvalue weighted by atomic mass is 32.1. The average molecular weight is 256 g/mol. The Morgan fingerprint density at radius 3 is 2.94 bits per heavy atom. The van der Waals surface area contributed by atoms with Gasteiger partial charge in [-0.05, 0) is 6.07 Å². The minimum absolute atomic E-state index is 0.699. The van der Waals surface area contributed by atoms with Crippen LogP contribution in [-0.2, 0) is 6.54 Å². The lowest BCUT2D eigenvalue weighted by Gasteiger charge is -2.01. The molecular weight excluding hydrogens is 244 g/mol. The molecular formula is C13H12N4S. The number of para-hydroxylation sites is 1. The predicted molar refractivity (Wildman–Crippen MR) is 73.3 cm³/mol. The SMILES string of the molecule is Nc1ccccc1-c1cnn(Cc2nccs2)c1. The molecule has 3 aromatic rings. The quantitative estimate of drug-likeness (QED) is 0.733. The van der Waals surface area contributed by atoms with Crippen LogP contribution in [0.3, 0.4) is 0 Å². The first-order chi connectivity index (χ1) is 8.83. The Labute approximate surface area is 109 Å². The van der Waals surface area contributed by atoms with E-state index in [1.807, 2.05) is 46.7 Å². The fourth-order valence-corrected chi connectivity index (χ4v) is 2.43. The van der Waals surface area contributed by atoms with Gasteiger partial charge in [0, 0.05) is 34.6 Å². The smallest absolute Gasteiger partial charge is 0.114 e. The van der Waals surface area contributed by atoms with Gasteiger partial charge in [0.1, 0.15) is 5.01 Å². The number of hydrogen-bond donors (Lipinski definition) is 1. The summed E-state index contributed by atoms with van der Waals surface area (Å²) in [5, 5.41) is 7.35. The van der Waals surface area contributed by atoms with E-state index in [-0.39, 0.29) is 0 Å². The number of anilines is 1. The van der Waals surface area contributed by atoms with Gasteiger partial charge in [-0.15, -0.1) is 11.3 Å². The number of benzene rings is 1. The Morgan fingerprint density at radius 2 is 2.17 bits per heavy atom. The maximum atomic E-state index is 5.95. The zero-order valence-electron chi connectivity index (χ0n) is 9.65. The van der Waals surface area contributed by atoms with Crippen molar-refractivity contribution in [2.24, 2.45) is 0 Å². The molecule has 0 fully saturated rings. The third-order valence-corrected chi connectivity index (χ3v) is 3.45. The first kappa shape index (κ1) is 11.0. The third-order valence-electron chi connectivity index (χ3n) is 2.69. The molecule has 0 saturated heterocycles. The third kappa shape index (κ3) is 2.12. The van der Waals surface area contributed by atoms with Crippen molar-refractivity contribution >= 4 is 17.0 Å². The van der Waals surface area contributed by atoms with Crippen LogP contribution in [0.1, 0.15) is 5.01 Å². The molecule has 0 spiro atoms. The van der Waals surface area contributed by atoms with Crippen molar-refractivity contribution in [2.75, 3.05) is 5.73 Å². The normalized spacial score (nSPS) is 10.7. The zero-order valence-corrected chi connectivity index (χ0v) is 10.5. The summed E-state index contributed by atoms with van der Waals surface area (Å²) in [6.45, 7) is 0.699. The van der Waals surface area contributed by atoms with Gasteiger partial charge in [0.15, 0.2) is 0 Å². The molecule has 2 heterocycles. The Morgan fingerprint density at radius 1 is 1.28 bits per heavy atom. The zero-order chi connectivity index (χ0) is 12.4. The molecule has 18 heavy (non-hydrogen) atoms. The van der Waals surface area contributed by atoms with Crippen molar-refractivity contribution in [1.29, 1.82) is 0 Å². The molecule has 90 valence electrons. The van der Waals surface area contributed by atoms with E-state index >= 15 is 0 Å². The second kappa shape index (κ2) is 4.62. The minimum Gasteiger partial charge on any atom is -0.398 e. The highest BCUT2D eigenvalue weighted by molar-refractivity contribution is 7.09. The van der Waals surface area contributed by atoms with Crippen LogP contribution in [0.25, 0.3) is 11.1 Å². The summed E-state index contributed by atoms with van der Waals surface area (Å²) in [7, 11) is 0. The van der Waals surface area contributed by atoms with Crippen LogP contribution in [-0.4, -0.2) is 14.8 Å². The van der Waals surface area contributed by atoms with Gasteiger partial charge in [-0.3, -0.25) is 4.68 Å². The second-order valence-electron chi connectivity index (χ2n) is 3.94. The molecule has 3 rings (SSSR count). The molecule has 0 bridgehead atoms. The van der Waals surface area contributed by atoms with Crippen LogP contribution < -0.4 is 5.73 Å². The predicted octanol–water partition coefficient (Wildman–Crippen LogP) is 2.64. The molecule has 0 atom stereocenters. The molecule has 0 unspecified atom stereocenters. The molecule has 0 amide bonds. The van der Waals surface area contributed by atoms with Crippen LogP contribution in [0.2, 0.25) is 0 Å². The fraction of sp³-hybridized carbons (Fsp3) is 0.0769. The molecule has 4 nitrogen and oxygen atoms in total. The van der Waals surface area contributed by atoms with E-state index in [1.165, 1.54) is 0 Å². The number of thiazole rings is 1. The number of nitrogen functional groups attached to an aromatic ring is 1. The fourth-order valence-electron chi connectivity index (χ4n) is 1.82. The summed E-state index contributed by atoms with van der Waals surface area (Å²) in [6.07, 6.45) is 5.63. The molecule has 0 radical (unpaired) electrons. The lowest BCUT2D eigenvalue weighted by atomic mass is 10.1. The summed E-state index contributed by atoms with van der Waals surface area (Å²) in [4.78, 5) is 4.24.